The number of para-hydroxylation sites is 1. The molecular weight excluding hydrogens is 364 g/mol. The zero-order valence-corrected chi connectivity index (χ0v) is 15.2. The van der Waals surface area contributed by atoms with Gasteiger partial charge in [0.2, 0.25) is 0 Å². The first-order valence-corrected chi connectivity index (χ1v) is 9.42. The lowest BCUT2D eigenvalue weighted by Gasteiger charge is -2.23. The van der Waals surface area contributed by atoms with Gasteiger partial charge in [0.05, 0.1) is 6.54 Å². The summed E-state index contributed by atoms with van der Waals surface area (Å²) in [6.45, 7) is 1.49. The summed E-state index contributed by atoms with van der Waals surface area (Å²) in [6, 6.07) is 18.5. The van der Waals surface area contributed by atoms with Gasteiger partial charge in [0, 0.05) is 16.5 Å². The minimum Gasteiger partial charge on any atom is -0.346 e. The number of nitrogens with zero attached hydrogens (tertiary/aromatic N) is 2. The molecule has 24 heavy (non-hydrogen) atoms. The molecule has 1 unspecified atom stereocenters. The van der Waals surface area contributed by atoms with E-state index in [1.54, 1.807) is 0 Å². The molecule has 2 aromatic rings. The topological polar surface area (TPSA) is 26.5 Å². The van der Waals surface area contributed by atoms with Crippen LogP contribution in [0, 0.1) is 0 Å². The Kier molecular flexibility index (Phi) is 4.19. The molecule has 1 N–H and O–H groups in total. The fourth-order valence-electron chi connectivity index (χ4n) is 3.88. The third-order valence-corrected chi connectivity index (χ3v) is 5.63. The minimum absolute atomic E-state index is 0.577. The van der Waals surface area contributed by atoms with Crippen LogP contribution >= 0.6 is 15.9 Å². The van der Waals surface area contributed by atoms with Gasteiger partial charge in [-0.2, -0.15) is 0 Å². The highest BCUT2D eigenvalue weighted by Gasteiger charge is 2.51. The van der Waals surface area contributed by atoms with Crippen LogP contribution in [0.5, 0.6) is 0 Å². The molecule has 0 amide bonds. The largest absolute Gasteiger partial charge is 0.346 e. The zero-order chi connectivity index (χ0) is 16.6. The number of hydrogen-bond acceptors (Lipinski definition) is 2. The molecule has 4 heteroatoms. The molecule has 0 aromatic heterocycles. The molecule has 2 aromatic carbocycles. The van der Waals surface area contributed by atoms with Gasteiger partial charge in [-0.3, -0.25) is 0 Å². The van der Waals surface area contributed by atoms with Crippen LogP contribution in [0.4, 0.5) is 5.69 Å². The zero-order valence-electron chi connectivity index (χ0n) is 13.7. The summed E-state index contributed by atoms with van der Waals surface area (Å²) in [6.07, 6.45) is 4.56. The minimum atomic E-state index is -0.962. The molecule has 0 spiro atoms. The van der Waals surface area contributed by atoms with Crippen LogP contribution < -0.4 is 4.90 Å². The second kappa shape index (κ2) is 6.34. The first-order chi connectivity index (χ1) is 11.7. The molecule has 0 saturated carbocycles. The summed E-state index contributed by atoms with van der Waals surface area (Å²) in [5.74, 6) is 1.25. The molecule has 0 radical (unpaired) electrons. The van der Waals surface area contributed by atoms with Crippen molar-refractivity contribution in [1.29, 1.82) is 0 Å². The Morgan fingerprint density at radius 3 is 2.46 bits per heavy atom. The highest BCUT2D eigenvalue weighted by Crippen LogP contribution is 2.35. The summed E-state index contributed by atoms with van der Waals surface area (Å²) in [4.78, 5) is 2.30. The molecule has 2 aliphatic rings. The third-order valence-electron chi connectivity index (χ3n) is 5.10. The van der Waals surface area contributed by atoms with Crippen molar-refractivity contribution in [3.8, 4) is 0 Å². The number of β-amino-alcohol motifs (C(OH)–C–C–N with tert-alkyl or cyclic N) is 1. The predicted octanol–water partition coefficient (Wildman–Crippen LogP) is 4.10. The SMILES string of the molecule is OC1(c2ccc(Br)cc2)CN(c2ccccc2)C2=[N+]1CCCCC2. The molecule has 0 fully saturated rings. The van der Waals surface area contributed by atoms with Crippen molar-refractivity contribution in [1.82, 2.24) is 0 Å². The van der Waals surface area contributed by atoms with Crippen LogP contribution in [0.3, 0.4) is 0 Å². The van der Waals surface area contributed by atoms with E-state index in [-0.39, 0.29) is 0 Å². The number of aliphatic hydroxyl groups is 1. The van der Waals surface area contributed by atoms with Crippen molar-refractivity contribution < 1.29 is 9.68 Å². The molecule has 2 heterocycles. The summed E-state index contributed by atoms with van der Waals surface area (Å²) in [5, 5.41) is 11.7. The fourth-order valence-corrected chi connectivity index (χ4v) is 4.15. The average molecular weight is 386 g/mol. The smallest absolute Gasteiger partial charge is 0.271 e. The molecule has 2 aliphatic heterocycles. The molecule has 0 saturated heterocycles. The lowest BCUT2D eigenvalue weighted by atomic mass is 10.0. The summed E-state index contributed by atoms with van der Waals surface area (Å²) >= 11 is 3.49. The van der Waals surface area contributed by atoms with E-state index < -0.39 is 5.72 Å². The standard InChI is InChI=1S/C20H22BrN2O/c21-17-12-10-16(11-13-17)20(24)15-22(18-7-3-1-4-8-18)19-9-5-2-6-14-23(19)20/h1,3-4,7-8,10-13,24H,2,5-6,9,14-15H2/q+1. The van der Waals surface area contributed by atoms with E-state index >= 15 is 0 Å². The third kappa shape index (κ3) is 2.68. The monoisotopic (exact) mass is 385 g/mol. The van der Waals surface area contributed by atoms with E-state index in [4.69, 9.17) is 0 Å². The van der Waals surface area contributed by atoms with E-state index in [0.29, 0.717) is 6.54 Å². The van der Waals surface area contributed by atoms with Gasteiger partial charge >= 0.3 is 0 Å². The van der Waals surface area contributed by atoms with Gasteiger partial charge in [-0.15, -0.1) is 0 Å². The van der Waals surface area contributed by atoms with Crippen LogP contribution in [-0.4, -0.2) is 28.6 Å². The first-order valence-electron chi connectivity index (χ1n) is 8.63. The molecule has 4 rings (SSSR count). The second-order valence-corrected chi connectivity index (χ2v) is 7.54. The highest BCUT2D eigenvalue weighted by atomic mass is 79.9. The second-order valence-electron chi connectivity index (χ2n) is 6.62. The average Bonchev–Trinajstić information content (AvgIpc) is 2.77. The normalized spacial score (nSPS) is 24.0. The number of anilines is 1. The number of hydrogen-bond donors (Lipinski definition) is 1. The lowest BCUT2D eigenvalue weighted by Crippen LogP contribution is -2.41. The summed E-state index contributed by atoms with van der Waals surface area (Å²) in [7, 11) is 0. The fraction of sp³-hybridized carbons (Fsp3) is 0.350. The van der Waals surface area contributed by atoms with E-state index in [1.165, 1.54) is 18.7 Å². The predicted molar refractivity (Wildman–Crippen MR) is 100 cm³/mol. The first kappa shape index (κ1) is 15.9. The number of halogens is 1. The molecule has 1 atom stereocenters. The van der Waals surface area contributed by atoms with Crippen LogP contribution in [0.1, 0.15) is 31.2 Å². The highest BCUT2D eigenvalue weighted by molar-refractivity contribution is 9.10. The van der Waals surface area contributed by atoms with E-state index in [9.17, 15) is 5.11 Å². The maximum Gasteiger partial charge on any atom is 0.271 e. The summed E-state index contributed by atoms with van der Waals surface area (Å²) in [5.41, 5.74) is 1.16. The molecule has 124 valence electrons. The van der Waals surface area contributed by atoms with Crippen molar-refractivity contribution in [3.05, 3.63) is 64.6 Å². The number of amidine groups is 1. The lowest BCUT2D eigenvalue weighted by molar-refractivity contribution is -0.658. The Morgan fingerprint density at radius 2 is 1.71 bits per heavy atom. The van der Waals surface area contributed by atoms with Gasteiger partial charge in [0.15, 0.2) is 6.54 Å². The van der Waals surface area contributed by atoms with Crippen molar-refractivity contribution in [2.45, 2.75) is 31.4 Å². The maximum atomic E-state index is 11.7. The Morgan fingerprint density at radius 1 is 0.958 bits per heavy atom. The van der Waals surface area contributed by atoms with Crippen LogP contribution in [0.25, 0.3) is 0 Å². The Hall–Kier alpha value is -1.65. The van der Waals surface area contributed by atoms with Gasteiger partial charge in [-0.05, 0) is 43.5 Å². The maximum absolute atomic E-state index is 11.7. The number of benzene rings is 2. The number of rotatable bonds is 2. The van der Waals surface area contributed by atoms with Crippen molar-refractivity contribution in [3.63, 3.8) is 0 Å². The van der Waals surface area contributed by atoms with E-state index in [0.717, 1.165) is 35.1 Å². The Labute approximate surface area is 151 Å². The van der Waals surface area contributed by atoms with E-state index in [2.05, 4.69) is 49.7 Å². The van der Waals surface area contributed by atoms with Gasteiger partial charge < -0.3 is 5.11 Å². The molecule has 0 aliphatic carbocycles. The van der Waals surface area contributed by atoms with Gasteiger partial charge in [0.1, 0.15) is 5.69 Å². The van der Waals surface area contributed by atoms with Crippen LogP contribution in [0.2, 0.25) is 0 Å². The van der Waals surface area contributed by atoms with Crippen molar-refractivity contribution >= 4 is 27.5 Å². The molecular formula is C20H22BrN2O+. The Bertz CT molecular complexity index is 757. The van der Waals surface area contributed by atoms with Crippen LogP contribution in [-0.2, 0) is 5.72 Å². The van der Waals surface area contributed by atoms with Gasteiger partial charge in [0.25, 0.3) is 11.6 Å². The molecule has 3 nitrogen and oxygen atoms in total. The van der Waals surface area contributed by atoms with E-state index in [1.807, 2.05) is 30.3 Å². The van der Waals surface area contributed by atoms with Crippen molar-refractivity contribution in [2.24, 2.45) is 0 Å². The summed E-state index contributed by atoms with van der Waals surface area (Å²) < 4.78 is 3.27. The molecule has 0 bridgehead atoms. The van der Waals surface area contributed by atoms with Gasteiger partial charge in [-0.1, -0.05) is 46.3 Å². The van der Waals surface area contributed by atoms with Crippen molar-refractivity contribution in [2.75, 3.05) is 18.0 Å². The quantitative estimate of drug-likeness (QED) is 0.787. The van der Waals surface area contributed by atoms with Crippen LogP contribution in [0.15, 0.2) is 59.1 Å². The van der Waals surface area contributed by atoms with Gasteiger partial charge in [-0.25, -0.2) is 9.48 Å². The Balaban J connectivity index is 1.81.